The van der Waals surface area contributed by atoms with Gasteiger partial charge >= 0.3 is 29.6 Å². The van der Waals surface area contributed by atoms with Gasteiger partial charge in [-0.3, -0.25) is 4.79 Å². The van der Waals surface area contributed by atoms with E-state index in [2.05, 4.69) is 42.8 Å². The first kappa shape index (κ1) is 27.8. The van der Waals surface area contributed by atoms with Crippen LogP contribution in [0.4, 0.5) is 0 Å². The Kier molecular flexibility index (Phi) is 26.3. The van der Waals surface area contributed by atoms with Gasteiger partial charge in [0.15, 0.2) is 0 Å². The van der Waals surface area contributed by atoms with Gasteiger partial charge in [0, 0.05) is 25.8 Å². The number of amides is 1. The molecule has 0 rings (SSSR count). The Morgan fingerprint density at radius 3 is 1.73 bits per heavy atom. The van der Waals surface area contributed by atoms with Crippen LogP contribution in [0.15, 0.2) is 0 Å². The number of carbonyl (C=O) groups is 1. The van der Waals surface area contributed by atoms with Crippen LogP contribution in [-0.2, 0) is 4.79 Å². The van der Waals surface area contributed by atoms with Crippen molar-refractivity contribution >= 4 is 35.5 Å². The van der Waals surface area contributed by atoms with E-state index in [0.717, 1.165) is 38.5 Å². The molecule has 0 fully saturated rings. The van der Waals surface area contributed by atoms with Crippen LogP contribution in [0.5, 0.6) is 0 Å². The molecular formula is C23H39NNaO. The fraction of sp³-hybridized carbons (Fsp3) is 0.739. The summed E-state index contributed by atoms with van der Waals surface area (Å²) >= 11 is 0. The summed E-state index contributed by atoms with van der Waals surface area (Å²) in [6, 6.07) is 0. The van der Waals surface area contributed by atoms with E-state index in [1.165, 1.54) is 51.4 Å². The molecule has 0 aromatic rings. The van der Waals surface area contributed by atoms with Crippen LogP contribution in [0.25, 0.3) is 0 Å². The van der Waals surface area contributed by atoms with Gasteiger partial charge in [-0.25, -0.2) is 0 Å². The molecule has 0 saturated carbocycles. The average Bonchev–Trinajstić information content (AvgIpc) is 2.61. The molecule has 3 heteroatoms. The summed E-state index contributed by atoms with van der Waals surface area (Å²) in [5.41, 5.74) is 0. The summed E-state index contributed by atoms with van der Waals surface area (Å²) in [4.78, 5) is 11.2. The molecule has 0 unspecified atom stereocenters. The van der Waals surface area contributed by atoms with Gasteiger partial charge < -0.3 is 5.32 Å². The van der Waals surface area contributed by atoms with Gasteiger partial charge in [-0.2, -0.15) is 0 Å². The zero-order valence-electron chi connectivity index (χ0n) is 16.4. The molecule has 1 amide bonds. The van der Waals surface area contributed by atoms with Crippen molar-refractivity contribution in [2.75, 3.05) is 6.54 Å². The van der Waals surface area contributed by atoms with Crippen molar-refractivity contribution in [3.63, 3.8) is 0 Å². The zero-order chi connectivity index (χ0) is 18.4. The first-order valence-electron chi connectivity index (χ1n) is 10.3. The monoisotopic (exact) mass is 368 g/mol. The Morgan fingerprint density at radius 1 is 0.769 bits per heavy atom. The van der Waals surface area contributed by atoms with E-state index in [4.69, 9.17) is 0 Å². The van der Waals surface area contributed by atoms with Crippen LogP contribution in [0.2, 0.25) is 0 Å². The molecule has 1 radical (unpaired) electrons. The first-order chi connectivity index (χ1) is 12.3. The molecule has 0 aliphatic carbocycles. The van der Waals surface area contributed by atoms with Crippen molar-refractivity contribution in [3.8, 4) is 23.7 Å². The van der Waals surface area contributed by atoms with E-state index < -0.39 is 0 Å². The van der Waals surface area contributed by atoms with Gasteiger partial charge in [0.2, 0.25) is 5.91 Å². The molecule has 0 bridgehead atoms. The van der Waals surface area contributed by atoms with Crippen LogP contribution in [0, 0.1) is 30.6 Å². The molecule has 0 aliphatic rings. The van der Waals surface area contributed by atoms with Crippen molar-refractivity contribution in [2.24, 2.45) is 0 Å². The maximum atomic E-state index is 11.2. The number of hydrogen-bond donors (Lipinski definition) is 1. The van der Waals surface area contributed by atoms with Crippen LogP contribution in [0.3, 0.4) is 0 Å². The van der Waals surface area contributed by atoms with Gasteiger partial charge in [-0.15, -0.1) is 0 Å². The van der Waals surface area contributed by atoms with Crippen molar-refractivity contribution < 1.29 is 4.79 Å². The molecule has 0 aromatic heterocycles. The minimum absolute atomic E-state index is 0. The Bertz CT molecular complexity index is 425. The van der Waals surface area contributed by atoms with Crippen LogP contribution >= 0.6 is 0 Å². The van der Waals surface area contributed by atoms with Gasteiger partial charge in [0.25, 0.3) is 0 Å². The second kappa shape index (κ2) is 24.6. The minimum atomic E-state index is 0. The molecule has 0 saturated heterocycles. The third-order valence-corrected chi connectivity index (χ3v) is 4.17. The molecule has 0 spiro atoms. The number of rotatable bonds is 15. The van der Waals surface area contributed by atoms with E-state index in [-0.39, 0.29) is 35.5 Å². The first-order valence-corrected chi connectivity index (χ1v) is 10.3. The molecule has 0 heterocycles. The molecule has 1 N–H and O–H groups in total. The van der Waals surface area contributed by atoms with E-state index in [9.17, 15) is 4.79 Å². The standard InChI is InChI=1S/C23H38NO.Na.H/c1-3-5-6-7-8-9-10-11-12-13-14-15-16-17-18-19-20-21-22-23(25)24-4-2;;/h2-12,17-22H2,1H3,(H,24,25);;. The van der Waals surface area contributed by atoms with E-state index in [1.54, 1.807) is 0 Å². The average molecular weight is 369 g/mol. The van der Waals surface area contributed by atoms with Gasteiger partial charge in [0.1, 0.15) is 0 Å². The quantitative estimate of drug-likeness (QED) is 0.241. The van der Waals surface area contributed by atoms with Crippen molar-refractivity contribution in [1.29, 1.82) is 0 Å². The summed E-state index contributed by atoms with van der Waals surface area (Å²) in [7, 11) is 0. The predicted molar refractivity (Wildman–Crippen MR) is 116 cm³/mol. The molecule has 0 atom stereocenters. The summed E-state index contributed by atoms with van der Waals surface area (Å²) < 4.78 is 0. The second-order valence-corrected chi connectivity index (χ2v) is 6.59. The molecule has 26 heavy (non-hydrogen) atoms. The van der Waals surface area contributed by atoms with E-state index in [1.807, 2.05) is 0 Å². The fourth-order valence-corrected chi connectivity index (χ4v) is 2.64. The molecule has 0 aromatic carbocycles. The molecular weight excluding hydrogens is 329 g/mol. The maximum absolute atomic E-state index is 11.2. The zero-order valence-corrected chi connectivity index (χ0v) is 16.4. The van der Waals surface area contributed by atoms with Crippen LogP contribution in [-0.4, -0.2) is 42.0 Å². The third kappa shape index (κ3) is 23.6. The SMILES string of the molecule is [CH2]CNC(=O)CCCCCCC#CC#CCCCCCCCCCC.[NaH]. The molecule has 2 nitrogen and oxygen atoms in total. The van der Waals surface area contributed by atoms with E-state index in [0.29, 0.717) is 13.0 Å². The van der Waals surface area contributed by atoms with Crippen molar-refractivity contribution in [2.45, 2.75) is 103 Å². The van der Waals surface area contributed by atoms with Gasteiger partial charge in [-0.1, -0.05) is 76.6 Å². The summed E-state index contributed by atoms with van der Waals surface area (Å²) in [6.07, 6.45) is 17.6. The number of nitrogens with one attached hydrogen (secondary N) is 1. The third-order valence-electron chi connectivity index (χ3n) is 4.17. The Balaban J connectivity index is 0. The molecule has 0 aliphatic heterocycles. The van der Waals surface area contributed by atoms with Crippen LogP contribution < -0.4 is 5.32 Å². The van der Waals surface area contributed by atoms with Crippen molar-refractivity contribution in [1.82, 2.24) is 5.32 Å². The predicted octanol–water partition coefficient (Wildman–Crippen LogP) is 5.17. The van der Waals surface area contributed by atoms with E-state index >= 15 is 0 Å². The van der Waals surface area contributed by atoms with Crippen LogP contribution in [0.1, 0.15) is 103 Å². The van der Waals surface area contributed by atoms with Crippen molar-refractivity contribution in [3.05, 3.63) is 6.92 Å². The van der Waals surface area contributed by atoms with Gasteiger partial charge in [-0.05, 0) is 38.0 Å². The fourth-order valence-electron chi connectivity index (χ4n) is 2.64. The topological polar surface area (TPSA) is 29.1 Å². The number of carbonyl (C=O) groups excluding carboxylic acids is 1. The summed E-state index contributed by atoms with van der Waals surface area (Å²) in [5.74, 6) is 12.3. The Hall–Kier alpha value is -0.410. The Morgan fingerprint density at radius 2 is 1.23 bits per heavy atom. The number of hydrogen-bond acceptors (Lipinski definition) is 1. The van der Waals surface area contributed by atoms with Gasteiger partial charge in [0.05, 0.1) is 0 Å². The Labute approximate surface area is 185 Å². The summed E-state index contributed by atoms with van der Waals surface area (Å²) in [5, 5.41) is 2.71. The molecule has 143 valence electrons. The normalized spacial score (nSPS) is 9.31. The summed E-state index contributed by atoms with van der Waals surface area (Å²) in [6.45, 7) is 6.34. The second-order valence-electron chi connectivity index (χ2n) is 6.59. The number of unbranched alkanes of at least 4 members (excludes halogenated alkanes) is 12.